The molecule has 0 spiro atoms. The minimum Gasteiger partial charge on any atom is -0.350 e. The lowest BCUT2D eigenvalue weighted by Gasteiger charge is -2.15. The van der Waals surface area contributed by atoms with E-state index in [-0.39, 0.29) is 17.5 Å². The van der Waals surface area contributed by atoms with Crippen molar-refractivity contribution < 1.29 is 9.59 Å². The number of hydrogen-bond donors (Lipinski definition) is 1. The minimum atomic E-state index is -0.371. The molecule has 0 atom stereocenters. The molecule has 0 unspecified atom stereocenters. The molecule has 1 heterocycles. The zero-order valence-electron chi connectivity index (χ0n) is 16.6. The number of hydrogen-bond acceptors (Lipinski definition) is 4. The first kappa shape index (κ1) is 21.9. The highest BCUT2D eigenvalue weighted by Gasteiger charge is 2.40. The molecule has 4 nitrogen and oxygen atoms in total. The average Bonchev–Trinajstić information content (AvgIpc) is 3.01. The molecule has 1 aliphatic rings. The lowest BCUT2D eigenvalue weighted by molar-refractivity contribution is -0.120. The van der Waals surface area contributed by atoms with E-state index in [1.165, 1.54) is 16.7 Å². The van der Waals surface area contributed by atoms with E-state index in [1.807, 2.05) is 60.7 Å². The molecule has 0 radical (unpaired) electrons. The van der Waals surface area contributed by atoms with Gasteiger partial charge in [-0.15, -0.1) is 0 Å². The normalized spacial score (nSPS) is 13.8. The molecule has 1 N–H and O–H groups in total. The molecule has 156 valence electrons. The molecule has 0 aliphatic carbocycles. The van der Waals surface area contributed by atoms with Crippen molar-refractivity contribution in [2.24, 2.45) is 0 Å². The number of carbonyl (C=O) groups is 2. The summed E-state index contributed by atoms with van der Waals surface area (Å²) in [6, 6.07) is 22.3. The van der Waals surface area contributed by atoms with Crippen LogP contribution in [-0.4, -0.2) is 11.8 Å². The van der Waals surface area contributed by atoms with Gasteiger partial charge in [0.1, 0.15) is 10.6 Å². The second-order valence-corrected chi connectivity index (χ2v) is 9.62. The van der Waals surface area contributed by atoms with Gasteiger partial charge in [0.2, 0.25) is 0 Å². The average molecular weight is 561 g/mol. The number of aryl methyl sites for hydroxylation is 1. The maximum Gasteiger partial charge on any atom is 0.283 e. The smallest absolute Gasteiger partial charge is 0.283 e. The molecule has 0 fully saturated rings. The van der Waals surface area contributed by atoms with Crippen LogP contribution in [0, 0.1) is 3.57 Å². The summed E-state index contributed by atoms with van der Waals surface area (Å²) >= 11 is 9.47. The molecule has 31 heavy (non-hydrogen) atoms. The van der Waals surface area contributed by atoms with Crippen LogP contribution >= 0.6 is 46.0 Å². The summed E-state index contributed by atoms with van der Waals surface area (Å²) < 4.78 is 1.08. The third-order valence-electron chi connectivity index (χ3n) is 4.79. The molecule has 3 aromatic carbocycles. The number of carbonyl (C=O) groups excluding carboxylic acids is 2. The quantitative estimate of drug-likeness (QED) is 0.276. The van der Waals surface area contributed by atoms with Crippen LogP contribution in [0.15, 0.2) is 88.3 Å². The van der Waals surface area contributed by atoms with E-state index >= 15 is 0 Å². The SMILES string of the molecule is CCc1ccc(N2C(=O)C(Nc3ccc(I)cc3)=C(Sc3ccc(Cl)cc3)C2=O)cc1. The fourth-order valence-electron chi connectivity index (χ4n) is 3.13. The first-order valence-corrected chi connectivity index (χ1v) is 11.9. The number of anilines is 2. The molecule has 0 aromatic heterocycles. The van der Waals surface area contributed by atoms with Crippen molar-refractivity contribution in [3.05, 3.63) is 97.6 Å². The van der Waals surface area contributed by atoms with Crippen molar-refractivity contribution >= 4 is 69.1 Å². The Balaban J connectivity index is 1.71. The second kappa shape index (κ2) is 9.46. The molecule has 0 saturated carbocycles. The van der Waals surface area contributed by atoms with Crippen LogP contribution in [0.3, 0.4) is 0 Å². The summed E-state index contributed by atoms with van der Waals surface area (Å²) in [4.78, 5) is 29.1. The van der Waals surface area contributed by atoms with Crippen LogP contribution < -0.4 is 10.2 Å². The van der Waals surface area contributed by atoms with Gasteiger partial charge in [0.05, 0.1) is 5.69 Å². The van der Waals surface area contributed by atoms with Crippen molar-refractivity contribution in [2.45, 2.75) is 18.2 Å². The standard InChI is InChI=1S/C24H18ClIN2O2S/c1-2-15-3-11-19(12-4-15)28-23(29)21(27-18-9-7-17(26)8-10-18)22(24(28)30)31-20-13-5-16(25)6-14-20/h3-14,27H,2H2,1H3. The number of thioether (sulfide) groups is 1. The van der Waals surface area contributed by atoms with Gasteiger partial charge in [-0.2, -0.15) is 0 Å². The van der Waals surface area contributed by atoms with E-state index in [0.717, 1.165) is 26.1 Å². The lowest BCUT2D eigenvalue weighted by atomic mass is 10.1. The van der Waals surface area contributed by atoms with Crippen molar-refractivity contribution in [1.82, 2.24) is 0 Å². The topological polar surface area (TPSA) is 49.4 Å². The summed E-state index contributed by atoms with van der Waals surface area (Å²) in [5, 5.41) is 3.78. The molecular weight excluding hydrogens is 543 g/mol. The molecular formula is C24H18ClIN2O2S. The summed E-state index contributed by atoms with van der Waals surface area (Å²) in [6.07, 6.45) is 0.887. The Hall–Kier alpha value is -2.29. The maximum absolute atomic E-state index is 13.4. The van der Waals surface area contributed by atoms with E-state index in [4.69, 9.17) is 11.6 Å². The third-order valence-corrected chi connectivity index (χ3v) is 6.85. The molecule has 7 heteroatoms. The molecule has 2 amide bonds. The number of nitrogens with zero attached hydrogens (tertiary/aromatic N) is 1. The molecule has 0 bridgehead atoms. The van der Waals surface area contributed by atoms with Gasteiger partial charge in [-0.25, -0.2) is 4.90 Å². The fourth-order valence-corrected chi connectivity index (χ4v) is 4.54. The van der Waals surface area contributed by atoms with Gasteiger partial charge >= 0.3 is 0 Å². The number of benzene rings is 3. The predicted molar refractivity (Wildman–Crippen MR) is 135 cm³/mol. The van der Waals surface area contributed by atoms with Crippen molar-refractivity contribution in [1.29, 1.82) is 0 Å². The summed E-state index contributed by atoms with van der Waals surface area (Å²) in [7, 11) is 0. The molecule has 3 aromatic rings. The van der Waals surface area contributed by atoms with Gasteiger partial charge in [-0.05, 0) is 95.2 Å². The predicted octanol–water partition coefficient (Wildman–Crippen LogP) is 6.50. The van der Waals surface area contributed by atoms with E-state index in [0.29, 0.717) is 15.6 Å². The van der Waals surface area contributed by atoms with Crippen molar-refractivity contribution in [3.8, 4) is 0 Å². The highest BCUT2D eigenvalue weighted by Crippen LogP contribution is 2.38. The zero-order chi connectivity index (χ0) is 22.0. The maximum atomic E-state index is 13.4. The van der Waals surface area contributed by atoms with Gasteiger partial charge in [0.25, 0.3) is 11.8 Å². The summed E-state index contributed by atoms with van der Waals surface area (Å²) in [6.45, 7) is 2.06. The van der Waals surface area contributed by atoms with Gasteiger partial charge in [-0.3, -0.25) is 9.59 Å². The Morgan fingerprint density at radius 1 is 0.903 bits per heavy atom. The van der Waals surface area contributed by atoms with E-state index in [1.54, 1.807) is 12.1 Å². The second-order valence-electron chi connectivity index (χ2n) is 6.86. The number of imide groups is 1. The lowest BCUT2D eigenvalue weighted by Crippen LogP contribution is -2.32. The molecule has 0 saturated heterocycles. The summed E-state index contributed by atoms with van der Waals surface area (Å²) in [5.41, 5.74) is 2.71. The van der Waals surface area contributed by atoms with E-state index in [2.05, 4.69) is 34.8 Å². The van der Waals surface area contributed by atoms with Gasteiger partial charge in [0, 0.05) is 19.2 Å². The Morgan fingerprint density at radius 3 is 2.16 bits per heavy atom. The number of rotatable bonds is 6. The van der Waals surface area contributed by atoms with Crippen LogP contribution in [0.2, 0.25) is 5.02 Å². The van der Waals surface area contributed by atoms with Gasteiger partial charge in [0.15, 0.2) is 0 Å². The van der Waals surface area contributed by atoms with E-state index < -0.39 is 0 Å². The van der Waals surface area contributed by atoms with Crippen LogP contribution in [-0.2, 0) is 16.0 Å². The largest absolute Gasteiger partial charge is 0.350 e. The molecule has 1 aliphatic heterocycles. The first-order chi connectivity index (χ1) is 15.0. The van der Waals surface area contributed by atoms with Crippen molar-refractivity contribution in [3.63, 3.8) is 0 Å². The van der Waals surface area contributed by atoms with Crippen molar-refractivity contribution in [2.75, 3.05) is 10.2 Å². The van der Waals surface area contributed by atoms with Crippen LogP contribution in [0.25, 0.3) is 0 Å². The first-order valence-electron chi connectivity index (χ1n) is 9.64. The van der Waals surface area contributed by atoms with E-state index in [9.17, 15) is 9.59 Å². The fraction of sp³-hybridized carbons (Fsp3) is 0.0833. The minimum absolute atomic E-state index is 0.269. The van der Waals surface area contributed by atoms with Gasteiger partial charge in [-0.1, -0.05) is 42.4 Å². The number of amides is 2. The Morgan fingerprint density at radius 2 is 1.55 bits per heavy atom. The Bertz CT molecular complexity index is 1090. The third kappa shape index (κ3) is 4.81. The van der Waals surface area contributed by atoms with Crippen LogP contribution in [0.4, 0.5) is 11.4 Å². The highest BCUT2D eigenvalue weighted by molar-refractivity contribution is 14.1. The Kier molecular flexibility index (Phi) is 6.69. The highest BCUT2D eigenvalue weighted by atomic mass is 127. The zero-order valence-corrected chi connectivity index (χ0v) is 20.3. The Labute approximate surface area is 203 Å². The number of nitrogens with one attached hydrogen (secondary N) is 1. The van der Waals surface area contributed by atoms with Crippen LogP contribution in [0.5, 0.6) is 0 Å². The monoisotopic (exact) mass is 560 g/mol. The van der Waals surface area contributed by atoms with Gasteiger partial charge < -0.3 is 5.32 Å². The number of halogens is 2. The molecule has 4 rings (SSSR count). The summed E-state index contributed by atoms with van der Waals surface area (Å²) in [5.74, 6) is -0.716. The van der Waals surface area contributed by atoms with Crippen LogP contribution in [0.1, 0.15) is 12.5 Å².